The van der Waals surface area contributed by atoms with Crippen LogP contribution in [0.1, 0.15) is 64.2 Å². The van der Waals surface area contributed by atoms with Gasteiger partial charge in [-0.05, 0) is 37.1 Å². The molecular formula is C22H31N3O2. The van der Waals surface area contributed by atoms with E-state index in [2.05, 4.69) is 14.9 Å². The highest BCUT2D eigenvalue weighted by atomic mass is 16.4. The van der Waals surface area contributed by atoms with Crippen molar-refractivity contribution < 1.29 is 9.90 Å². The van der Waals surface area contributed by atoms with Crippen molar-refractivity contribution in [2.24, 2.45) is 0 Å². The van der Waals surface area contributed by atoms with Crippen LogP contribution >= 0.6 is 0 Å². The summed E-state index contributed by atoms with van der Waals surface area (Å²) in [5, 5.41) is 8.61. The minimum Gasteiger partial charge on any atom is -0.481 e. The highest BCUT2D eigenvalue weighted by Crippen LogP contribution is 2.21. The molecular weight excluding hydrogens is 338 g/mol. The summed E-state index contributed by atoms with van der Waals surface area (Å²) in [5.74, 6) is 1.20. The first kappa shape index (κ1) is 20.9. The van der Waals surface area contributed by atoms with Crippen molar-refractivity contribution in [2.75, 3.05) is 11.4 Å². The Labute approximate surface area is 162 Å². The molecule has 0 fully saturated rings. The normalized spacial score (nSPS) is 10.7. The first-order valence-electron chi connectivity index (χ1n) is 10.1. The van der Waals surface area contributed by atoms with Gasteiger partial charge in [-0.3, -0.25) is 4.79 Å². The standard InChI is InChI=1S/C22H31N3O2/c26-22(27)16-8-6-4-2-1-3-5-7-13-19-25(20-14-9-11-17-23-20)21-15-10-12-18-24-21/h9-12,14-15,17-18H,1-8,13,16,19H2,(H,26,27). The Bertz CT molecular complexity index is 595. The zero-order valence-corrected chi connectivity index (χ0v) is 16.1. The number of anilines is 2. The van der Waals surface area contributed by atoms with Crippen LogP contribution in [0, 0.1) is 0 Å². The van der Waals surface area contributed by atoms with Crippen LogP contribution in [0.3, 0.4) is 0 Å². The average molecular weight is 370 g/mol. The van der Waals surface area contributed by atoms with Gasteiger partial charge in [0.25, 0.3) is 0 Å². The van der Waals surface area contributed by atoms with Crippen molar-refractivity contribution in [3.63, 3.8) is 0 Å². The Kier molecular flexibility index (Phi) is 9.93. The minimum atomic E-state index is -0.680. The van der Waals surface area contributed by atoms with Crippen molar-refractivity contribution in [1.29, 1.82) is 0 Å². The van der Waals surface area contributed by atoms with Gasteiger partial charge in [0.1, 0.15) is 11.6 Å². The van der Waals surface area contributed by atoms with E-state index in [-0.39, 0.29) is 0 Å². The SMILES string of the molecule is O=C(O)CCCCCCCCCCCN(c1ccccn1)c1ccccn1. The summed E-state index contributed by atoms with van der Waals surface area (Å²) in [6, 6.07) is 11.9. The predicted molar refractivity (Wildman–Crippen MR) is 109 cm³/mol. The van der Waals surface area contributed by atoms with E-state index in [9.17, 15) is 4.79 Å². The molecule has 2 heterocycles. The van der Waals surface area contributed by atoms with Gasteiger partial charge in [-0.15, -0.1) is 0 Å². The van der Waals surface area contributed by atoms with Crippen molar-refractivity contribution in [3.8, 4) is 0 Å². The fourth-order valence-electron chi connectivity index (χ4n) is 3.16. The van der Waals surface area contributed by atoms with Crippen molar-refractivity contribution in [2.45, 2.75) is 64.2 Å². The van der Waals surface area contributed by atoms with Gasteiger partial charge in [0.15, 0.2) is 0 Å². The van der Waals surface area contributed by atoms with E-state index in [1.54, 1.807) is 0 Å². The number of nitrogens with zero attached hydrogens (tertiary/aromatic N) is 3. The molecule has 2 aromatic rings. The summed E-state index contributed by atoms with van der Waals surface area (Å²) in [6.07, 6.45) is 14.2. The molecule has 146 valence electrons. The third-order valence-corrected chi connectivity index (χ3v) is 4.62. The molecule has 0 radical (unpaired) electrons. The smallest absolute Gasteiger partial charge is 0.303 e. The monoisotopic (exact) mass is 369 g/mol. The van der Waals surface area contributed by atoms with Crippen LogP contribution in [-0.4, -0.2) is 27.6 Å². The molecule has 5 nitrogen and oxygen atoms in total. The van der Waals surface area contributed by atoms with Crippen LogP contribution in [0.5, 0.6) is 0 Å². The van der Waals surface area contributed by atoms with Gasteiger partial charge >= 0.3 is 5.97 Å². The molecule has 0 amide bonds. The van der Waals surface area contributed by atoms with Gasteiger partial charge in [-0.2, -0.15) is 0 Å². The first-order valence-corrected chi connectivity index (χ1v) is 10.1. The van der Waals surface area contributed by atoms with Crippen molar-refractivity contribution in [1.82, 2.24) is 9.97 Å². The van der Waals surface area contributed by atoms with Crippen LogP contribution in [-0.2, 0) is 4.79 Å². The molecule has 27 heavy (non-hydrogen) atoms. The molecule has 0 saturated heterocycles. The Morgan fingerprint density at radius 1 is 0.741 bits per heavy atom. The Balaban J connectivity index is 1.62. The van der Waals surface area contributed by atoms with E-state index >= 15 is 0 Å². The topological polar surface area (TPSA) is 66.3 Å². The van der Waals surface area contributed by atoms with Gasteiger partial charge in [-0.1, -0.05) is 57.1 Å². The van der Waals surface area contributed by atoms with E-state index in [4.69, 9.17) is 5.11 Å². The molecule has 1 N–H and O–H groups in total. The molecule has 0 unspecified atom stereocenters. The van der Waals surface area contributed by atoms with Crippen LogP contribution in [0.15, 0.2) is 48.8 Å². The van der Waals surface area contributed by atoms with E-state index in [0.29, 0.717) is 6.42 Å². The number of carbonyl (C=O) groups is 1. The first-order chi connectivity index (χ1) is 13.3. The zero-order chi connectivity index (χ0) is 19.2. The van der Waals surface area contributed by atoms with Crippen LogP contribution in [0.25, 0.3) is 0 Å². The number of hydrogen-bond donors (Lipinski definition) is 1. The summed E-state index contributed by atoms with van der Waals surface area (Å²) < 4.78 is 0. The fraction of sp³-hybridized carbons (Fsp3) is 0.500. The molecule has 0 bridgehead atoms. The summed E-state index contributed by atoms with van der Waals surface area (Å²) in [7, 11) is 0. The maximum absolute atomic E-state index is 10.5. The molecule has 0 spiro atoms. The third-order valence-electron chi connectivity index (χ3n) is 4.62. The molecule has 5 heteroatoms. The Morgan fingerprint density at radius 2 is 1.22 bits per heavy atom. The summed E-state index contributed by atoms with van der Waals surface area (Å²) >= 11 is 0. The zero-order valence-electron chi connectivity index (χ0n) is 16.1. The lowest BCUT2D eigenvalue weighted by Gasteiger charge is -2.22. The molecule has 0 atom stereocenters. The van der Waals surface area contributed by atoms with E-state index < -0.39 is 5.97 Å². The summed E-state index contributed by atoms with van der Waals surface area (Å²) in [4.78, 5) is 21.6. The second-order valence-corrected chi connectivity index (χ2v) is 6.85. The number of carboxylic acid groups (broad SMARTS) is 1. The number of hydrogen-bond acceptors (Lipinski definition) is 4. The summed E-state index contributed by atoms with van der Waals surface area (Å²) in [5.41, 5.74) is 0. The molecule has 0 saturated carbocycles. The van der Waals surface area contributed by atoms with Crippen molar-refractivity contribution >= 4 is 17.6 Å². The largest absolute Gasteiger partial charge is 0.481 e. The average Bonchev–Trinajstić information content (AvgIpc) is 2.70. The van der Waals surface area contributed by atoms with Crippen molar-refractivity contribution in [3.05, 3.63) is 48.8 Å². The van der Waals surface area contributed by atoms with Crippen LogP contribution < -0.4 is 4.90 Å². The minimum absolute atomic E-state index is 0.309. The second kappa shape index (κ2) is 12.8. The maximum Gasteiger partial charge on any atom is 0.303 e. The Hall–Kier alpha value is -2.43. The lowest BCUT2D eigenvalue weighted by Crippen LogP contribution is -2.20. The molecule has 0 aliphatic carbocycles. The number of carboxylic acids is 1. The highest BCUT2D eigenvalue weighted by molar-refractivity contribution is 5.66. The number of unbranched alkanes of at least 4 members (excludes halogenated alkanes) is 8. The molecule has 0 aliphatic heterocycles. The fourth-order valence-corrected chi connectivity index (χ4v) is 3.16. The number of aromatic nitrogens is 2. The number of rotatable bonds is 14. The maximum atomic E-state index is 10.5. The molecule has 0 aromatic carbocycles. The van der Waals surface area contributed by atoms with E-state index in [1.807, 2.05) is 48.8 Å². The Morgan fingerprint density at radius 3 is 1.67 bits per heavy atom. The molecule has 2 rings (SSSR count). The molecule has 0 aliphatic rings. The van der Waals surface area contributed by atoms with Gasteiger partial charge in [0.05, 0.1) is 0 Å². The van der Waals surface area contributed by atoms with Gasteiger partial charge < -0.3 is 10.0 Å². The second-order valence-electron chi connectivity index (χ2n) is 6.85. The lowest BCUT2D eigenvalue weighted by atomic mass is 10.1. The third kappa shape index (κ3) is 8.67. The number of pyridine rings is 2. The number of aliphatic carboxylic acids is 1. The molecule has 2 aromatic heterocycles. The van der Waals surface area contributed by atoms with E-state index in [1.165, 1.54) is 32.1 Å². The van der Waals surface area contributed by atoms with Crippen LogP contribution in [0.4, 0.5) is 11.6 Å². The highest BCUT2D eigenvalue weighted by Gasteiger charge is 2.10. The van der Waals surface area contributed by atoms with Gasteiger partial charge in [-0.25, -0.2) is 9.97 Å². The predicted octanol–water partition coefficient (Wildman–Crippen LogP) is 5.60. The lowest BCUT2D eigenvalue weighted by molar-refractivity contribution is -0.137. The van der Waals surface area contributed by atoms with Gasteiger partial charge in [0, 0.05) is 25.4 Å². The summed E-state index contributed by atoms with van der Waals surface area (Å²) in [6.45, 7) is 0.920. The quantitative estimate of drug-likeness (QED) is 0.439. The van der Waals surface area contributed by atoms with E-state index in [0.717, 1.165) is 43.9 Å². The van der Waals surface area contributed by atoms with Crippen LogP contribution in [0.2, 0.25) is 0 Å². The van der Waals surface area contributed by atoms with Gasteiger partial charge in [0.2, 0.25) is 0 Å².